The molecule has 1 fully saturated rings. The average molecular weight is 406 g/mol. The molecular formula is C20H27N3O4S. The second kappa shape index (κ2) is 9.41. The summed E-state index contributed by atoms with van der Waals surface area (Å²) >= 11 is 1.53. The molecule has 0 spiro atoms. The number of aliphatic imine (C=N–C) groups is 2. The molecule has 8 heteroatoms. The zero-order valence-electron chi connectivity index (χ0n) is 16.6. The van der Waals surface area contributed by atoms with E-state index < -0.39 is 11.7 Å². The monoisotopic (exact) mass is 405 g/mol. The van der Waals surface area contributed by atoms with Gasteiger partial charge >= 0.3 is 5.63 Å². The number of nitrogens with zero attached hydrogens (tertiary/aromatic N) is 2. The van der Waals surface area contributed by atoms with E-state index in [0.29, 0.717) is 36.2 Å². The van der Waals surface area contributed by atoms with Crippen molar-refractivity contribution in [3.05, 3.63) is 28.3 Å². The van der Waals surface area contributed by atoms with Crippen LogP contribution in [0.5, 0.6) is 5.75 Å². The molecule has 0 radical (unpaired) electrons. The van der Waals surface area contributed by atoms with Gasteiger partial charge in [-0.1, -0.05) is 13.3 Å². The third-order valence-corrected chi connectivity index (χ3v) is 5.94. The molecule has 2 heterocycles. The minimum atomic E-state index is -0.467. The number of carbonyl (C=O) groups excluding carboxylic acids is 1. The Morgan fingerprint density at radius 2 is 2.25 bits per heavy atom. The molecule has 152 valence electrons. The van der Waals surface area contributed by atoms with Gasteiger partial charge in [-0.3, -0.25) is 14.8 Å². The van der Waals surface area contributed by atoms with Crippen molar-refractivity contribution in [3.8, 4) is 5.75 Å². The van der Waals surface area contributed by atoms with Gasteiger partial charge in [-0.15, -0.1) is 11.8 Å². The topological polar surface area (TPSA) is 93.3 Å². The van der Waals surface area contributed by atoms with Gasteiger partial charge in [-0.2, -0.15) is 0 Å². The molecule has 1 aliphatic heterocycles. The molecule has 0 saturated heterocycles. The van der Waals surface area contributed by atoms with Crippen LogP contribution in [0.15, 0.2) is 31.3 Å². The highest BCUT2D eigenvalue weighted by atomic mass is 32.2. The lowest BCUT2D eigenvalue weighted by atomic mass is 10.1. The Labute approximate surface area is 169 Å². The Morgan fingerprint density at radius 1 is 1.46 bits per heavy atom. The van der Waals surface area contributed by atoms with Crippen molar-refractivity contribution in [2.24, 2.45) is 15.9 Å². The molecule has 2 aliphatic rings. The molecule has 1 amide bonds. The molecule has 1 saturated carbocycles. The summed E-state index contributed by atoms with van der Waals surface area (Å²) in [5.74, 6) is 1.93. The van der Waals surface area contributed by atoms with Crippen molar-refractivity contribution >= 4 is 28.4 Å². The maximum absolute atomic E-state index is 12.7. The van der Waals surface area contributed by atoms with Gasteiger partial charge in [0.15, 0.2) is 0 Å². The molecule has 1 aromatic rings. The number of hydrogen-bond acceptors (Lipinski definition) is 7. The molecule has 1 aliphatic carbocycles. The van der Waals surface area contributed by atoms with E-state index in [9.17, 15) is 9.59 Å². The first kappa shape index (κ1) is 20.6. The second-order valence-corrected chi connectivity index (χ2v) is 8.20. The van der Waals surface area contributed by atoms with Crippen molar-refractivity contribution in [1.29, 1.82) is 0 Å². The summed E-state index contributed by atoms with van der Waals surface area (Å²) in [6, 6.07) is 2.22. The molecular weight excluding hydrogens is 378 g/mol. The van der Waals surface area contributed by atoms with Crippen molar-refractivity contribution in [1.82, 2.24) is 5.32 Å². The lowest BCUT2D eigenvalue weighted by Gasteiger charge is -2.19. The van der Waals surface area contributed by atoms with E-state index in [-0.39, 0.29) is 11.9 Å². The highest BCUT2D eigenvalue weighted by Gasteiger charge is 2.29. The van der Waals surface area contributed by atoms with Gasteiger partial charge in [0.05, 0.1) is 24.4 Å². The predicted molar refractivity (Wildman–Crippen MR) is 112 cm³/mol. The average Bonchev–Trinajstić information content (AvgIpc) is 3.38. The zero-order chi connectivity index (χ0) is 20.1. The first-order valence-electron chi connectivity index (χ1n) is 9.72. The number of rotatable bonds is 9. The largest absolute Gasteiger partial charge is 0.493 e. The van der Waals surface area contributed by atoms with Crippen molar-refractivity contribution in [3.63, 3.8) is 0 Å². The number of amides is 1. The maximum Gasteiger partial charge on any atom is 0.339 e. The van der Waals surface area contributed by atoms with Gasteiger partial charge in [-0.05, 0) is 32.1 Å². The molecule has 2 atom stereocenters. The van der Waals surface area contributed by atoms with Gasteiger partial charge in [0.2, 0.25) is 5.91 Å². The number of ether oxygens (including phenoxy) is 1. The Hall–Kier alpha value is -2.09. The van der Waals surface area contributed by atoms with E-state index >= 15 is 0 Å². The summed E-state index contributed by atoms with van der Waals surface area (Å²) in [6.07, 6.45) is 3.84. The molecule has 0 bridgehead atoms. The Morgan fingerprint density at radius 3 is 2.93 bits per heavy atom. The van der Waals surface area contributed by atoms with Crippen LogP contribution in [0.3, 0.4) is 0 Å². The summed E-state index contributed by atoms with van der Waals surface area (Å²) in [6.45, 7) is 4.52. The normalized spacial score (nSPS) is 20.6. The standard InChI is InChI=1S/C20H27N3O4S/c1-4-5-15(22-19(25)16-11-28-20(23-16)12(2)21-3)17-8-14(9-18(24)27-17)26-10-13-6-7-13/h8-9,13,15-16H,4-7,10-11H2,1-3H3,(H,22,25)/t15-,16?/m1/s1. The molecule has 1 unspecified atom stereocenters. The first-order chi connectivity index (χ1) is 13.5. The Balaban J connectivity index is 1.71. The van der Waals surface area contributed by atoms with E-state index in [2.05, 4.69) is 15.3 Å². The van der Waals surface area contributed by atoms with E-state index in [1.807, 2.05) is 13.8 Å². The van der Waals surface area contributed by atoms with Crippen molar-refractivity contribution in [2.75, 3.05) is 19.4 Å². The van der Waals surface area contributed by atoms with E-state index in [0.717, 1.165) is 17.2 Å². The molecule has 7 nitrogen and oxygen atoms in total. The number of hydrogen-bond donors (Lipinski definition) is 1. The van der Waals surface area contributed by atoms with Crippen LogP contribution >= 0.6 is 11.8 Å². The van der Waals surface area contributed by atoms with Gasteiger partial charge in [0.25, 0.3) is 0 Å². The quantitative estimate of drug-likeness (QED) is 0.638. The van der Waals surface area contributed by atoms with Crippen molar-refractivity contribution < 1.29 is 13.9 Å². The lowest BCUT2D eigenvalue weighted by molar-refractivity contribution is -0.122. The van der Waals surface area contributed by atoms with Crippen LogP contribution in [0.25, 0.3) is 0 Å². The fraction of sp³-hybridized carbons (Fsp3) is 0.600. The molecule has 3 rings (SSSR count). The third kappa shape index (κ3) is 5.47. The lowest BCUT2D eigenvalue weighted by Crippen LogP contribution is -2.37. The Bertz CT molecular complexity index is 829. The molecule has 28 heavy (non-hydrogen) atoms. The second-order valence-electron chi connectivity index (χ2n) is 7.19. The minimum absolute atomic E-state index is 0.170. The summed E-state index contributed by atoms with van der Waals surface area (Å²) in [5.41, 5.74) is 0.363. The fourth-order valence-electron chi connectivity index (χ4n) is 2.87. The van der Waals surface area contributed by atoms with Crippen LogP contribution in [0.1, 0.15) is 51.3 Å². The highest BCUT2D eigenvalue weighted by molar-refractivity contribution is 8.16. The van der Waals surface area contributed by atoms with Gasteiger partial charge in [0, 0.05) is 18.9 Å². The van der Waals surface area contributed by atoms with Crippen LogP contribution in [0.4, 0.5) is 0 Å². The minimum Gasteiger partial charge on any atom is -0.493 e. The zero-order valence-corrected chi connectivity index (χ0v) is 17.4. The first-order valence-corrected chi connectivity index (χ1v) is 10.7. The van der Waals surface area contributed by atoms with Gasteiger partial charge in [0.1, 0.15) is 22.6 Å². The number of thioether (sulfide) groups is 1. The predicted octanol–water partition coefficient (Wildman–Crippen LogP) is 2.99. The summed E-state index contributed by atoms with van der Waals surface area (Å²) in [4.78, 5) is 33.3. The maximum atomic E-state index is 12.7. The highest BCUT2D eigenvalue weighted by Crippen LogP contribution is 2.30. The smallest absolute Gasteiger partial charge is 0.339 e. The van der Waals surface area contributed by atoms with E-state index in [4.69, 9.17) is 9.15 Å². The van der Waals surface area contributed by atoms with E-state index in [1.165, 1.54) is 30.7 Å². The van der Waals surface area contributed by atoms with Crippen LogP contribution in [0.2, 0.25) is 0 Å². The fourth-order valence-corrected chi connectivity index (χ4v) is 3.91. The molecule has 1 N–H and O–H groups in total. The third-order valence-electron chi connectivity index (χ3n) is 4.78. The van der Waals surface area contributed by atoms with Crippen LogP contribution in [0, 0.1) is 5.92 Å². The molecule has 1 aromatic heterocycles. The number of carbonyl (C=O) groups is 1. The van der Waals surface area contributed by atoms with Gasteiger partial charge < -0.3 is 14.5 Å². The SMILES string of the molecule is CCC[C@@H](NC(=O)C1CSC(C(C)=NC)=N1)c1cc(OCC2CC2)cc(=O)o1. The summed E-state index contributed by atoms with van der Waals surface area (Å²) in [7, 11) is 1.71. The summed E-state index contributed by atoms with van der Waals surface area (Å²) < 4.78 is 11.1. The number of nitrogens with one attached hydrogen (secondary N) is 1. The summed E-state index contributed by atoms with van der Waals surface area (Å²) in [5, 5.41) is 3.80. The van der Waals surface area contributed by atoms with Crippen molar-refractivity contribution in [2.45, 2.75) is 51.6 Å². The molecule has 0 aromatic carbocycles. The van der Waals surface area contributed by atoms with Gasteiger partial charge in [-0.25, -0.2) is 4.79 Å². The van der Waals surface area contributed by atoms with Crippen LogP contribution in [-0.4, -0.2) is 42.1 Å². The van der Waals surface area contributed by atoms with Crippen LogP contribution in [-0.2, 0) is 4.79 Å². The van der Waals surface area contributed by atoms with Crippen LogP contribution < -0.4 is 15.7 Å². The Kier molecular flexibility index (Phi) is 6.93. The van der Waals surface area contributed by atoms with E-state index in [1.54, 1.807) is 13.1 Å².